The number of phenolic OH excluding ortho intramolecular Hbond substituents is 1. The highest BCUT2D eigenvalue weighted by Gasteiger charge is 2.52. The molecule has 11 aliphatic rings. The third-order valence-electron chi connectivity index (χ3n) is 22.6. The van der Waals surface area contributed by atoms with E-state index in [-0.39, 0.29) is 86.2 Å². The number of nitrogens with zero attached hydrogens (tertiary/aromatic N) is 2. The van der Waals surface area contributed by atoms with Gasteiger partial charge < -0.3 is 113 Å². The Balaban J connectivity index is 0.912. The molecule has 9 amide bonds. The molecule has 18 N–H and O–H groups in total. The summed E-state index contributed by atoms with van der Waals surface area (Å²) in [4.78, 5) is 148. The number of aliphatic hydroxyl groups excluding tert-OH is 6. The number of hydrogen-bond acceptors (Lipinski definition) is 25. The van der Waals surface area contributed by atoms with Gasteiger partial charge in [0.25, 0.3) is 5.69 Å². The third-order valence-corrected chi connectivity index (χ3v) is 23.2. The molecule has 5 fully saturated rings. The normalized spacial score (nSPS) is 28.6. The van der Waals surface area contributed by atoms with Crippen LogP contribution in [0.2, 0.25) is 10.0 Å². The number of primary amides is 1. The van der Waals surface area contributed by atoms with Crippen LogP contribution in [0.1, 0.15) is 134 Å². The smallest absolute Gasteiger partial charge is 0.410 e. The first-order chi connectivity index (χ1) is 54.6. The first-order valence-corrected chi connectivity index (χ1v) is 37.8. The molecular formula is C78H82Cl2N10O25. The molecule has 15 bridgehead atoms. The molecule has 6 aromatic rings. The van der Waals surface area contributed by atoms with Crippen LogP contribution in [0.3, 0.4) is 0 Å². The maximum Gasteiger partial charge on any atom is 0.410 e. The Morgan fingerprint density at radius 2 is 1.28 bits per heavy atom. The van der Waals surface area contributed by atoms with E-state index in [2.05, 4.69) is 37.2 Å². The Bertz CT molecular complexity index is 4910. The Kier molecular flexibility index (Phi) is 22.5. The van der Waals surface area contributed by atoms with E-state index in [0.717, 1.165) is 91.6 Å². The van der Waals surface area contributed by atoms with Gasteiger partial charge in [-0.1, -0.05) is 61.3 Å². The van der Waals surface area contributed by atoms with Crippen LogP contribution in [0.4, 0.5) is 10.5 Å². The molecule has 37 heteroatoms. The number of aromatic hydroxyl groups is 1. The molecule has 14 atom stereocenters. The van der Waals surface area contributed by atoms with E-state index < -0.39 is 213 Å². The first-order valence-electron chi connectivity index (χ1n) is 37.1. The van der Waals surface area contributed by atoms with E-state index in [4.69, 9.17) is 52.6 Å². The largest absolute Gasteiger partial charge is 0.508 e. The number of phenols is 1. The molecule has 35 nitrogen and oxygen atoms in total. The van der Waals surface area contributed by atoms with Gasteiger partial charge in [-0.25, -0.2) is 4.79 Å². The van der Waals surface area contributed by atoms with E-state index in [0.29, 0.717) is 17.4 Å². The van der Waals surface area contributed by atoms with Crippen LogP contribution in [0.25, 0.3) is 11.1 Å². The summed E-state index contributed by atoms with van der Waals surface area (Å²) in [7, 11) is 1.20. The van der Waals surface area contributed by atoms with Gasteiger partial charge in [0, 0.05) is 36.3 Å². The van der Waals surface area contributed by atoms with Crippen molar-refractivity contribution in [1.82, 2.24) is 42.1 Å². The Morgan fingerprint density at radius 3 is 1.88 bits per heavy atom. The number of nitrogens with one attached hydrogen (secondary N) is 7. The topological polar surface area (TPSA) is 538 Å². The summed E-state index contributed by atoms with van der Waals surface area (Å²) in [6.07, 6.45) is -12.3. The number of ether oxygens (including phenoxy) is 5. The second-order valence-corrected chi connectivity index (χ2v) is 31.6. The summed E-state index contributed by atoms with van der Waals surface area (Å²) in [5.41, 5.74) is 3.61. The Labute approximate surface area is 663 Å². The number of benzene rings is 6. The number of fused-ring (bicyclic) bond motifs is 12. The fourth-order valence-electron chi connectivity index (χ4n) is 17.1. The number of carbonyl (C=O) groups excluding carboxylic acids is 9. The highest BCUT2D eigenvalue weighted by atomic mass is 35.5. The van der Waals surface area contributed by atoms with Gasteiger partial charge in [0.1, 0.15) is 103 Å². The molecule has 0 unspecified atom stereocenters. The quantitative estimate of drug-likeness (QED) is 0.0399. The molecule has 4 saturated carbocycles. The van der Waals surface area contributed by atoms with Crippen molar-refractivity contribution in [3.8, 4) is 45.6 Å². The maximum atomic E-state index is 16.3. The highest BCUT2D eigenvalue weighted by molar-refractivity contribution is 6.32. The number of aliphatic hydroxyl groups is 8. The van der Waals surface area contributed by atoms with Crippen molar-refractivity contribution in [1.29, 1.82) is 0 Å². The van der Waals surface area contributed by atoms with Gasteiger partial charge in [-0.2, -0.15) is 0 Å². The molecule has 0 aromatic heterocycles. The van der Waals surface area contributed by atoms with Crippen LogP contribution in [-0.2, 0) is 60.2 Å². The van der Waals surface area contributed by atoms with Crippen LogP contribution in [0.15, 0.2) is 103 Å². The number of rotatable bonds is 15. The van der Waals surface area contributed by atoms with E-state index in [1.54, 1.807) is 13.8 Å². The van der Waals surface area contributed by atoms with Gasteiger partial charge in [0.2, 0.25) is 65.1 Å². The van der Waals surface area contributed by atoms with Gasteiger partial charge >= 0.3 is 6.09 Å². The summed E-state index contributed by atoms with van der Waals surface area (Å²) in [6.45, 7) is 1.99. The van der Waals surface area contributed by atoms with Crippen molar-refractivity contribution in [2.75, 3.05) is 13.7 Å². The Hall–Kier alpha value is -10.8. The van der Waals surface area contributed by atoms with Crippen LogP contribution in [0.5, 0.6) is 34.5 Å². The molecular weight excluding hydrogens is 1550 g/mol. The van der Waals surface area contributed by atoms with E-state index in [1.165, 1.54) is 55.6 Å². The summed E-state index contributed by atoms with van der Waals surface area (Å²) in [6, 6.07) is 4.74. The zero-order chi connectivity index (χ0) is 82.2. The summed E-state index contributed by atoms with van der Waals surface area (Å²) in [5.74, 6) is -15.7. The Morgan fingerprint density at radius 1 is 0.678 bits per heavy atom. The van der Waals surface area contributed by atoms with Crippen molar-refractivity contribution in [3.63, 3.8) is 0 Å². The van der Waals surface area contributed by atoms with Crippen molar-refractivity contribution < 1.29 is 118 Å². The monoisotopic (exact) mass is 1630 g/mol. The number of carbonyl (C=O) groups is 9. The average molecular weight is 1630 g/mol. The van der Waals surface area contributed by atoms with Gasteiger partial charge in [0.15, 0.2) is 11.5 Å². The number of hydrogen-bond donors (Lipinski definition) is 17. The molecule has 608 valence electrons. The number of non-ortho nitro benzene ring substituents is 1. The molecule has 17 rings (SSSR count). The second-order valence-electron chi connectivity index (χ2n) is 30.8. The lowest BCUT2D eigenvalue weighted by Gasteiger charge is -2.54. The lowest BCUT2D eigenvalue weighted by molar-refractivity contribution is -0.384. The van der Waals surface area contributed by atoms with Crippen molar-refractivity contribution in [2.24, 2.45) is 35.3 Å². The molecule has 0 spiro atoms. The maximum absolute atomic E-state index is 16.3. The lowest BCUT2D eigenvalue weighted by atomic mass is 9.54. The molecule has 6 heterocycles. The van der Waals surface area contributed by atoms with Crippen molar-refractivity contribution in [3.05, 3.63) is 168 Å². The van der Waals surface area contributed by atoms with E-state index >= 15 is 28.8 Å². The number of nitro groups is 1. The molecule has 0 radical (unpaired) electrons. The minimum Gasteiger partial charge on any atom is -0.508 e. The molecule has 1 saturated heterocycles. The van der Waals surface area contributed by atoms with Crippen LogP contribution < -0.4 is 57.2 Å². The highest BCUT2D eigenvalue weighted by Crippen LogP contribution is 2.56. The van der Waals surface area contributed by atoms with Crippen molar-refractivity contribution in [2.45, 2.75) is 162 Å². The van der Waals surface area contributed by atoms with Crippen molar-refractivity contribution >= 4 is 82.2 Å². The van der Waals surface area contributed by atoms with Gasteiger partial charge in [-0.3, -0.25) is 53.4 Å². The zero-order valence-corrected chi connectivity index (χ0v) is 63.0. The third kappa shape index (κ3) is 16.0. The fraction of sp³-hybridized carbons (Fsp3) is 0.423. The molecule has 6 aliphatic heterocycles. The number of likely N-dealkylation sites (N-methyl/N-ethyl adjacent to an activating group) is 1. The number of nitrogens with two attached hydrogens (primary N) is 1. The average Bonchev–Trinajstić information content (AvgIpc) is 1.57. The number of nitro benzene ring substituents is 1. The first kappa shape index (κ1) is 80.8. The summed E-state index contributed by atoms with van der Waals surface area (Å²) in [5, 5.41) is 134. The predicted octanol–water partition coefficient (Wildman–Crippen LogP) is 2.77. The van der Waals surface area contributed by atoms with Crippen LogP contribution in [0, 0.1) is 39.7 Å². The van der Waals surface area contributed by atoms with E-state index in [1.807, 2.05) is 0 Å². The molecule has 6 aromatic carbocycles. The zero-order valence-electron chi connectivity index (χ0n) is 61.5. The summed E-state index contributed by atoms with van der Waals surface area (Å²) < 4.78 is 30.8. The summed E-state index contributed by atoms with van der Waals surface area (Å²) >= 11 is 14.2. The lowest BCUT2D eigenvalue weighted by Crippen LogP contribution is -2.60. The van der Waals surface area contributed by atoms with Gasteiger partial charge in [-0.05, 0) is 179 Å². The number of halogens is 2. The minimum atomic E-state index is -2.98. The predicted molar refractivity (Wildman–Crippen MR) is 398 cm³/mol. The standard InChI is InChI=1S/C78H82Cl2N10O25/c1-30(2)14-49(89(3)77(106)111-29-31-4-9-40(10-5-31)90(109)110)70(100)87-61-63(94)35-7-12-50(46(79)21-35)112-52-23-39-24-53(68(52)115-76-67(98)66(97)65(96)54(28-91)114-76)113-51-13-8-36(22-47(51)80)64(95)62-75(105)86-60(73(103)83-57-37-16-32-15-33(18-37)19-38(57)17-32)43-25-41(92)26-45-56(43)42-20-34(6-11-44(42)78(45,107)108)58(71(101)88-62)85-72(102)59(39)84-69(99)48(27-55(81)93)82-74(61)104/h4-13,20-26,30,32-33,37-38,48-49,54,57-67,76,91-92,94-98,107-108H,14-19,27-29H2,1-3H3,(H2,81,93)(H,82,104)(H,83,103)(H,84,99)(H,85,102)(H,86,105)(H,87,100)(H,88,101)/t32?,33?,37?,38?,48-,49+,54+,57?,58+,59+,60-,61+,62-,63+,64+,65+,66-,67+,76-/m0/s1. The fourth-order valence-corrected chi connectivity index (χ4v) is 17.5. The molecule has 5 aliphatic carbocycles. The SMILES string of the molecule is CC(C)C[C@H](C(=O)N[C@H]1C(=O)N[C@@H](CC(N)=O)C(=O)N[C@H]2C(=O)N[C@H]3C(=O)N[C@H](C(=O)N[C@H](C(=O)NC4C5CC6CC(C5)CC4C6)c4cc(O)cc5c4-c4cc3ccc4C5(O)O)[C@H](O)c3ccc(c(Cl)c3)Oc3cc2cc(c3O[C@@H]2O[C@H](CO)[C@@H](O)[C@H](O)[C@H]2O)Oc2ccc(cc2Cl)[C@H]1O)N(C)C(=O)OCc1ccc([N+](=O)[O-])cc1. The van der Waals surface area contributed by atoms with Gasteiger partial charge in [0.05, 0.1) is 28.0 Å². The molecule has 115 heavy (non-hydrogen) atoms. The number of amides is 9. The minimum absolute atomic E-state index is 0.0730. The van der Waals surface area contributed by atoms with Crippen LogP contribution >= 0.6 is 23.2 Å². The second kappa shape index (κ2) is 32.1. The van der Waals surface area contributed by atoms with Gasteiger partial charge in [-0.15, -0.1) is 0 Å². The van der Waals surface area contributed by atoms with Crippen LogP contribution in [-0.4, -0.2) is 184 Å². The van der Waals surface area contributed by atoms with E-state index in [9.17, 15) is 70.5 Å².